The summed E-state index contributed by atoms with van der Waals surface area (Å²) < 4.78 is 0. The third-order valence-corrected chi connectivity index (χ3v) is 6.33. The molecule has 0 aliphatic carbocycles. The van der Waals surface area contributed by atoms with E-state index < -0.39 is 0 Å². The molecule has 0 saturated carbocycles. The summed E-state index contributed by atoms with van der Waals surface area (Å²) in [7, 11) is 0. The maximum absolute atomic E-state index is 12.6. The summed E-state index contributed by atoms with van der Waals surface area (Å²) in [5.41, 5.74) is 2.19. The second-order valence-corrected chi connectivity index (χ2v) is 8.68. The van der Waals surface area contributed by atoms with Crippen molar-refractivity contribution >= 4 is 22.9 Å². The number of piperazine rings is 1. The van der Waals surface area contributed by atoms with Crippen molar-refractivity contribution in [2.24, 2.45) is 0 Å². The number of rotatable bonds is 6. The van der Waals surface area contributed by atoms with E-state index >= 15 is 0 Å². The van der Waals surface area contributed by atoms with Crippen molar-refractivity contribution in [3.05, 3.63) is 52.2 Å². The van der Waals surface area contributed by atoms with Gasteiger partial charge in [0.05, 0.1) is 4.88 Å². The first-order valence-electron chi connectivity index (χ1n) is 9.64. The highest BCUT2D eigenvalue weighted by Crippen LogP contribution is 2.17. The first-order valence-corrected chi connectivity index (χ1v) is 10.5. The Bertz CT molecular complexity index is 689. The Balaban J connectivity index is 1.48. The fraction of sp³-hybridized carbons (Fsp3) is 0.476. The van der Waals surface area contributed by atoms with Gasteiger partial charge < -0.3 is 15.1 Å². The predicted molar refractivity (Wildman–Crippen MR) is 108 cm³/mol. The molecule has 1 amide bonds. The van der Waals surface area contributed by atoms with Crippen molar-refractivity contribution in [2.45, 2.75) is 39.3 Å². The fourth-order valence-corrected chi connectivity index (χ4v) is 4.36. The van der Waals surface area contributed by atoms with Crippen molar-refractivity contribution in [3.63, 3.8) is 0 Å². The number of hydrogen-bond donors (Lipinski definition) is 3. The second-order valence-electron chi connectivity index (χ2n) is 7.65. The van der Waals surface area contributed by atoms with Gasteiger partial charge in [-0.25, -0.2) is 0 Å². The maximum atomic E-state index is 12.6. The summed E-state index contributed by atoms with van der Waals surface area (Å²) in [5.74, 6) is 0.634. The molecule has 1 aromatic heterocycles. The van der Waals surface area contributed by atoms with Crippen LogP contribution in [0.25, 0.3) is 0 Å². The van der Waals surface area contributed by atoms with E-state index in [1.807, 2.05) is 23.5 Å². The number of carbonyl (C=O) groups excluding carboxylic acids is 1. The lowest BCUT2D eigenvalue weighted by Gasteiger charge is -2.32. The number of carbonyl (C=O) groups is 1. The first-order chi connectivity index (χ1) is 12.5. The van der Waals surface area contributed by atoms with E-state index in [4.69, 9.17) is 0 Å². The molecule has 1 fully saturated rings. The molecule has 0 unspecified atom stereocenters. The average molecular weight is 374 g/mol. The Kier molecular flexibility index (Phi) is 6.46. The van der Waals surface area contributed by atoms with Gasteiger partial charge in [0.15, 0.2) is 6.04 Å². The highest BCUT2D eigenvalue weighted by atomic mass is 32.1. The van der Waals surface area contributed by atoms with Gasteiger partial charge in [0.1, 0.15) is 32.7 Å². The van der Waals surface area contributed by atoms with Gasteiger partial charge in [0.2, 0.25) is 0 Å². The van der Waals surface area contributed by atoms with Gasteiger partial charge in [-0.05, 0) is 42.0 Å². The summed E-state index contributed by atoms with van der Waals surface area (Å²) >= 11 is 1.84. The van der Waals surface area contributed by atoms with Gasteiger partial charge in [0.25, 0.3) is 5.91 Å². The average Bonchev–Trinajstić information content (AvgIpc) is 3.15. The third-order valence-electron chi connectivity index (χ3n) is 5.45. The van der Waals surface area contributed by atoms with Crippen LogP contribution in [0.1, 0.15) is 37.1 Å². The highest BCUT2D eigenvalue weighted by Gasteiger charge is 2.31. The molecule has 0 spiro atoms. The largest absolute Gasteiger partial charge is 0.321 e. The van der Waals surface area contributed by atoms with Crippen molar-refractivity contribution in [3.8, 4) is 0 Å². The molecule has 2 heterocycles. The normalized spacial score (nSPS) is 21.5. The molecule has 3 N–H and O–H groups in total. The summed E-state index contributed by atoms with van der Waals surface area (Å²) in [5, 5.41) is 5.24. The maximum Gasteiger partial charge on any atom is 0.282 e. The van der Waals surface area contributed by atoms with E-state index in [0.29, 0.717) is 5.92 Å². The summed E-state index contributed by atoms with van der Waals surface area (Å²) in [6.07, 6.45) is 0. The molecule has 1 aliphatic heterocycles. The van der Waals surface area contributed by atoms with Crippen LogP contribution in [0.3, 0.4) is 0 Å². The molecule has 5 heteroatoms. The lowest BCUT2D eigenvalue weighted by molar-refractivity contribution is -1.02. The Morgan fingerprint density at radius 3 is 2.35 bits per heavy atom. The van der Waals surface area contributed by atoms with Gasteiger partial charge in [-0.2, -0.15) is 0 Å². The monoisotopic (exact) mass is 373 g/mol. The smallest absolute Gasteiger partial charge is 0.282 e. The van der Waals surface area contributed by atoms with E-state index in [-0.39, 0.29) is 11.9 Å². The Hall–Kier alpha value is -1.69. The van der Waals surface area contributed by atoms with Crippen LogP contribution < -0.4 is 15.1 Å². The highest BCUT2D eigenvalue weighted by molar-refractivity contribution is 7.09. The minimum atomic E-state index is -0.0111. The van der Waals surface area contributed by atoms with E-state index in [1.54, 1.807) is 4.90 Å². The number of benzene rings is 1. The zero-order valence-corrected chi connectivity index (χ0v) is 16.9. The summed E-state index contributed by atoms with van der Waals surface area (Å²) in [6, 6.07) is 12.6. The van der Waals surface area contributed by atoms with Gasteiger partial charge in [0, 0.05) is 5.69 Å². The topological polar surface area (TPSA) is 38.0 Å². The summed E-state index contributed by atoms with van der Waals surface area (Å²) in [4.78, 5) is 17.1. The molecule has 0 bridgehead atoms. The molecule has 4 nitrogen and oxygen atoms in total. The van der Waals surface area contributed by atoms with Crippen LogP contribution in [-0.4, -0.2) is 38.1 Å². The van der Waals surface area contributed by atoms with Gasteiger partial charge in [-0.15, -0.1) is 11.3 Å². The van der Waals surface area contributed by atoms with Crippen molar-refractivity contribution in [2.75, 3.05) is 31.5 Å². The van der Waals surface area contributed by atoms with Crippen LogP contribution in [0, 0.1) is 0 Å². The van der Waals surface area contributed by atoms with Crippen LogP contribution in [0.4, 0.5) is 5.69 Å². The number of amides is 1. The van der Waals surface area contributed by atoms with Crippen LogP contribution in [0.2, 0.25) is 0 Å². The number of hydrogen-bond acceptors (Lipinski definition) is 2. The van der Waals surface area contributed by atoms with Gasteiger partial charge in [-0.1, -0.05) is 32.0 Å². The lowest BCUT2D eigenvalue weighted by atomic mass is 10.0. The summed E-state index contributed by atoms with van der Waals surface area (Å²) in [6.45, 7) is 11.9. The van der Waals surface area contributed by atoms with Crippen LogP contribution in [-0.2, 0) is 11.3 Å². The van der Waals surface area contributed by atoms with E-state index in [2.05, 4.69) is 55.7 Å². The quantitative estimate of drug-likeness (QED) is 0.699. The zero-order valence-electron chi connectivity index (χ0n) is 16.0. The van der Waals surface area contributed by atoms with Crippen LogP contribution >= 0.6 is 11.3 Å². The molecule has 1 aromatic carbocycles. The minimum Gasteiger partial charge on any atom is -0.321 e. The molecule has 1 aliphatic rings. The zero-order chi connectivity index (χ0) is 18.5. The standard InChI is InChI=1S/C21H29N3OS/c1-16(2)18-6-8-19(9-7-18)22-21(25)17(3)24-12-10-23(11-13-24)15-20-5-4-14-26-20/h4-9,14,16-17H,10-13,15H2,1-3H3,(H,22,25)/p+2/t17-/m0/s1. The number of nitrogens with one attached hydrogen (secondary N) is 3. The number of quaternary nitrogens is 2. The van der Waals surface area contributed by atoms with Crippen molar-refractivity contribution < 1.29 is 14.6 Å². The molecule has 3 rings (SSSR count). The SMILES string of the molecule is CC(C)c1ccc(NC(=O)[C@H](C)[NH+]2CC[NH+](Cc3cccs3)CC2)cc1. The molecule has 140 valence electrons. The second kappa shape index (κ2) is 8.80. The first kappa shape index (κ1) is 19.1. The van der Waals surface area contributed by atoms with Gasteiger partial charge in [-0.3, -0.25) is 4.79 Å². The third kappa shape index (κ3) is 4.93. The molecular formula is C21H31N3OS+2. The van der Waals surface area contributed by atoms with Crippen LogP contribution in [0.5, 0.6) is 0 Å². The number of anilines is 1. The Morgan fingerprint density at radius 1 is 1.08 bits per heavy atom. The van der Waals surface area contributed by atoms with Crippen molar-refractivity contribution in [1.29, 1.82) is 0 Å². The number of thiophene rings is 1. The molecule has 1 atom stereocenters. The fourth-order valence-electron chi connectivity index (χ4n) is 3.58. The van der Waals surface area contributed by atoms with E-state index in [0.717, 1.165) is 38.4 Å². The Morgan fingerprint density at radius 2 is 1.77 bits per heavy atom. The van der Waals surface area contributed by atoms with Gasteiger partial charge >= 0.3 is 0 Å². The minimum absolute atomic E-state index is 0.0111. The molecule has 0 radical (unpaired) electrons. The lowest BCUT2D eigenvalue weighted by Crippen LogP contribution is -3.29. The predicted octanol–water partition coefficient (Wildman–Crippen LogP) is 1.18. The molecular weight excluding hydrogens is 342 g/mol. The molecule has 1 saturated heterocycles. The van der Waals surface area contributed by atoms with Crippen LogP contribution in [0.15, 0.2) is 41.8 Å². The Labute approximate surface area is 160 Å². The molecule has 26 heavy (non-hydrogen) atoms. The van der Waals surface area contributed by atoms with Crippen molar-refractivity contribution in [1.82, 2.24) is 0 Å². The van der Waals surface area contributed by atoms with E-state index in [1.165, 1.54) is 15.3 Å². The molecule has 2 aromatic rings. The van der Waals surface area contributed by atoms with E-state index in [9.17, 15) is 4.79 Å².